The highest BCUT2D eigenvalue weighted by Gasteiger charge is 2.38. The van der Waals surface area contributed by atoms with E-state index in [2.05, 4.69) is 22.1 Å². The lowest BCUT2D eigenvalue weighted by atomic mass is 10.1. The number of aromatic amines is 1. The summed E-state index contributed by atoms with van der Waals surface area (Å²) in [5.41, 5.74) is 1.54. The zero-order valence-electron chi connectivity index (χ0n) is 12.5. The van der Waals surface area contributed by atoms with Crippen LogP contribution in [-0.2, 0) is 0 Å². The van der Waals surface area contributed by atoms with Gasteiger partial charge in [-0.2, -0.15) is 0 Å². The maximum atomic E-state index is 12.4. The average molecular weight is 305 g/mol. The molecule has 1 aromatic heterocycles. The molecule has 4 rings (SSSR count). The first-order chi connectivity index (χ1) is 10.6. The third-order valence-electron chi connectivity index (χ3n) is 4.70. The van der Waals surface area contributed by atoms with Gasteiger partial charge in [0.05, 0.1) is 5.52 Å². The quantitative estimate of drug-likeness (QED) is 0.907. The molecule has 0 bridgehead atoms. The lowest BCUT2D eigenvalue weighted by Crippen LogP contribution is -2.40. The Bertz CT molecular complexity index is 784. The van der Waals surface area contributed by atoms with Gasteiger partial charge >= 0.3 is 5.76 Å². The van der Waals surface area contributed by atoms with E-state index in [9.17, 15) is 9.59 Å². The van der Waals surface area contributed by atoms with Crippen LogP contribution in [0.25, 0.3) is 11.1 Å². The number of carbonyl (C=O) groups excluding carboxylic acids is 1. The predicted octanol–water partition coefficient (Wildman–Crippen LogP) is 1.83. The van der Waals surface area contributed by atoms with Crippen LogP contribution in [0.3, 0.4) is 0 Å². The van der Waals surface area contributed by atoms with Crippen LogP contribution in [0, 0.1) is 5.92 Å². The van der Waals surface area contributed by atoms with Gasteiger partial charge in [0.25, 0.3) is 5.91 Å². The second-order valence-electron chi connectivity index (χ2n) is 6.47. The number of nitrogens with zero attached hydrogens (tertiary/aromatic N) is 1. The Hall–Kier alpha value is -2.08. The van der Waals surface area contributed by atoms with Crippen LogP contribution in [0.1, 0.15) is 33.0 Å². The Kier molecular flexibility index (Phi) is 3.07. The maximum absolute atomic E-state index is 12.4. The van der Waals surface area contributed by atoms with E-state index in [1.165, 1.54) is 12.8 Å². The first-order valence-electron chi connectivity index (χ1n) is 7.78. The SMILES string of the molecule is C[C@H]1CN(C2CC2)C[C@H]1NC(=O)c1ccc2[nH]c(=O)oc2c1.[HH].[HH]. The minimum absolute atomic E-state index is 0. The number of aromatic nitrogens is 1. The lowest BCUT2D eigenvalue weighted by Gasteiger charge is -2.17. The first kappa shape index (κ1) is 13.6. The highest BCUT2D eigenvalue weighted by Crippen LogP contribution is 2.31. The number of fused-ring (bicyclic) bond motifs is 1. The van der Waals surface area contributed by atoms with Gasteiger partial charge in [0.2, 0.25) is 0 Å². The first-order valence-corrected chi connectivity index (χ1v) is 7.78. The molecule has 1 amide bonds. The van der Waals surface area contributed by atoms with Crippen molar-refractivity contribution in [2.45, 2.75) is 31.8 Å². The Morgan fingerprint density at radius 1 is 1.41 bits per heavy atom. The van der Waals surface area contributed by atoms with Crippen LogP contribution >= 0.6 is 0 Å². The molecule has 120 valence electrons. The van der Waals surface area contributed by atoms with Gasteiger partial charge in [0.1, 0.15) is 0 Å². The number of likely N-dealkylation sites (tertiary alicyclic amines) is 1. The van der Waals surface area contributed by atoms with Crippen LogP contribution < -0.4 is 11.1 Å². The highest BCUT2D eigenvalue weighted by molar-refractivity contribution is 5.97. The molecule has 2 atom stereocenters. The number of hydrogen-bond donors (Lipinski definition) is 2. The summed E-state index contributed by atoms with van der Waals surface area (Å²) in [6.07, 6.45) is 2.58. The van der Waals surface area contributed by atoms with Crippen molar-refractivity contribution in [2.75, 3.05) is 13.1 Å². The molecule has 0 spiro atoms. The van der Waals surface area contributed by atoms with Crippen LogP contribution in [0.5, 0.6) is 0 Å². The molecule has 2 fully saturated rings. The van der Waals surface area contributed by atoms with Gasteiger partial charge in [-0.3, -0.25) is 14.7 Å². The number of nitrogens with one attached hydrogen (secondary N) is 2. The summed E-state index contributed by atoms with van der Waals surface area (Å²) in [6.45, 7) is 4.17. The summed E-state index contributed by atoms with van der Waals surface area (Å²) in [7, 11) is 0. The summed E-state index contributed by atoms with van der Waals surface area (Å²) in [4.78, 5) is 28.6. The van der Waals surface area contributed by atoms with E-state index in [0.29, 0.717) is 22.6 Å². The molecule has 0 unspecified atom stereocenters. The third-order valence-corrected chi connectivity index (χ3v) is 4.70. The van der Waals surface area contributed by atoms with Gasteiger partial charge < -0.3 is 9.73 Å². The van der Waals surface area contributed by atoms with E-state index in [1.54, 1.807) is 18.2 Å². The highest BCUT2D eigenvalue weighted by atomic mass is 16.4. The van der Waals surface area contributed by atoms with Gasteiger partial charge in [0, 0.05) is 33.6 Å². The fourth-order valence-corrected chi connectivity index (χ4v) is 3.27. The van der Waals surface area contributed by atoms with Crippen LogP contribution in [-0.4, -0.2) is 41.0 Å². The normalized spacial score (nSPS) is 25.7. The number of amides is 1. The van der Waals surface area contributed by atoms with E-state index in [4.69, 9.17) is 4.42 Å². The third kappa shape index (κ3) is 2.43. The Morgan fingerprint density at radius 3 is 3.00 bits per heavy atom. The fourth-order valence-electron chi connectivity index (χ4n) is 3.27. The minimum atomic E-state index is -0.503. The van der Waals surface area contributed by atoms with Crippen LogP contribution in [0.2, 0.25) is 0 Å². The second kappa shape index (κ2) is 4.98. The molecule has 1 aliphatic heterocycles. The Labute approximate surface area is 130 Å². The van der Waals surface area contributed by atoms with Crippen molar-refractivity contribution in [1.82, 2.24) is 15.2 Å². The summed E-state index contributed by atoms with van der Waals surface area (Å²) in [6, 6.07) is 5.93. The van der Waals surface area contributed by atoms with E-state index >= 15 is 0 Å². The average Bonchev–Trinajstić information content (AvgIpc) is 3.17. The van der Waals surface area contributed by atoms with Crippen LogP contribution in [0.15, 0.2) is 27.4 Å². The molecule has 1 aromatic carbocycles. The molecule has 2 heterocycles. The zero-order chi connectivity index (χ0) is 15.3. The van der Waals surface area contributed by atoms with Crippen molar-refractivity contribution in [3.8, 4) is 0 Å². The minimum Gasteiger partial charge on any atom is -0.408 e. The molecule has 1 saturated heterocycles. The van der Waals surface area contributed by atoms with E-state index in [0.717, 1.165) is 19.1 Å². The standard InChI is InChI=1S/C16H19N3O3.2H2/c1-9-7-19(11-3-4-11)8-13(9)17-15(20)10-2-5-12-14(6-10)22-16(21)18-12;;/h2,5-6,9,11,13H,3-4,7-8H2,1H3,(H,17,20)(H,18,21);2*1H/t9-,13+;;/m0../s1. The van der Waals surface area contributed by atoms with Gasteiger partial charge in [-0.15, -0.1) is 0 Å². The Morgan fingerprint density at radius 2 is 2.23 bits per heavy atom. The van der Waals surface area contributed by atoms with Crippen molar-refractivity contribution < 1.29 is 12.1 Å². The number of hydrogen-bond acceptors (Lipinski definition) is 4. The van der Waals surface area contributed by atoms with E-state index in [-0.39, 0.29) is 14.8 Å². The van der Waals surface area contributed by atoms with Crippen molar-refractivity contribution in [3.63, 3.8) is 0 Å². The molecule has 22 heavy (non-hydrogen) atoms. The zero-order valence-corrected chi connectivity index (χ0v) is 12.5. The van der Waals surface area contributed by atoms with Gasteiger partial charge in [-0.1, -0.05) is 6.92 Å². The summed E-state index contributed by atoms with van der Waals surface area (Å²) in [5, 5.41) is 3.12. The Balaban J connectivity index is 0.00000104. The molecule has 2 aromatic rings. The van der Waals surface area contributed by atoms with Gasteiger partial charge in [-0.25, -0.2) is 4.79 Å². The molecular formula is C16H23N3O3. The van der Waals surface area contributed by atoms with Crippen molar-refractivity contribution in [3.05, 3.63) is 34.3 Å². The van der Waals surface area contributed by atoms with Crippen molar-refractivity contribution in [1.29, 1.82) is 0 Å². The number of oxazole rings is 1. The molecule has 2 aliphatic rings. The molecule has 6 heteroatoms. The predicted molar refractivity (Wildman–Crippen MR) is 86.1 cm³/mol. The summed E-state index contributed by atoms with van der Waals surface area (Å²) >= 11 is 0. The summed E-state index contributed by atoms with van der Waals surface area (Å²) in [5.74, 6) is -0.157. The molecule has 1 saturated carbocycles. The lowest BCUT2D eigenvalue weighted by molar-refractivity contribution is 0.0931. The topological polar surface area (TPSA) is 78.3 Å². The summed E-state index contributed by atoms with van der Waals surface area (Å²) < 4.78 is 5.01. The van der Waals surface area contributed by atoms with Crippen LogP contribution in [0.4, 0.5) is 0 Å². The van der Waals surface area contributed by atoms with Gasteiger partial charge in [-0.05, 0) is 37.0 Å². The largest absolute Gasteiger partial charge is 0.417 e. The van der Waals surface area contributed by atoms with E-state index in [1.807, 2.05) is 0 Å². The molecule has 6 nitrogen and oxygen atoms in total. The number of rotatable bonds is 3. The van der Waals surface area contributed by atoms with Crippen molar-refractivity contribution in [2.24, 2.45) is 5.92 Å². The van der Waals surface area contributed by atoms with Gasteiger partial charge in [0.15, 0.2) is 5.58 Å². The molecular weight excluding hydrogens is 282 g/mol. The smallest absolute Gasteiger partial charge is 0.408 e. The molecule has 0 radical (unpaired) electrons. The number of H-pyrrole nitrogens is 1. The number of carbonyl (C=O) groups is 1. The fraction of sp³-hybridized carbons (Fsp3) is 0.500. The maximum Gasteiger partial charge on any atom is 0.417 e. The monoisotopic (exact) mass is 305 g/mol. The second-order valence-corrected chi connectivity index (χ2v) is 6.47. The van der Waals surface area contributed by atoms with E-state index < -0.39 is 5.76 Å². The molecule has 2 N–H and O–H groups in total. The molecule has 1 aliphatic carbocycles. The number of benzene rings is 1. The van der Waals surface area contributed by atoms with Crippen molar-refractivity contribution >= 4 is 17.0 Å².